The molecule has 0 bridgehead atoms. The topological polar surface area (TPSA) is 115 Å². The van der Waals surface area contributed by atoms with Crippen LogP contribution in [0.25, 0.3) is 11.5 Å². The second-order valence-corrected chi connectivity index (χ2v) is 9.76. The number of benzene rings is 1. The lowest BCUT2D eigenvalue weighted by Gasteiger charge is -2.32. The number of aromatic nitrogens is 2. The number of piperidine rings is 1. The third-order valence-corrected chi connectivity index (χ3v) is 8.07. The third-order valence-electron chi connectivity index (χ3n) is 4.79. The van der Waals surface area contributed by atoms with E-state index < -0.39 is 22.0 Å². The largest absolute Gasteiger partial charge is 0.497 e. The Morgan fingerprint density at radius 2 is 2.13 bits per heavy atom. The zero-order valence-electron chi connectivity index (χ0n) is 16.1. The van der Waals surface area contributed by atoms with Crippen molar-refractivity contribution in [2.45, 2.75) is 29.5 Å². The Morgan fingerprint density at radius 1 is 1.27 bits per heavy atom. The van der Waals surface area contributed by atoms with Crippen molar-refractivity contribution >= 4 is 33.3 Å². The molecule has 1 amide bonds. The van der Waals surface area contributed by atoms with Crippen LogP contribution in [-0.2, 0) is 14.8 Å². The summed E-state index contributed by atoms with van der Waals surface area (Å²) in [7, 11) is -2.19. The number of thiophene rings is 1. The Labute approximate surface area is 177 Å². The van der Waals surface area contributed by atoms with Gasteiger partial charge in [0.25, 0.3) is 10.0 Å². The molecule has 1 atom stereocenters. The molecule has 158 valence electrons. The van der Waals surface area contributed by atoms with Crippen molar-refractivity contribution in [3.05, 3.63) is 41.8 Å². The maximum atomic E-state index is 13.0. The van der Waals surface area contributed by atoms with Crippen LogP contribution in [0.15, 0.2) is 50.4 Å². The first-order chi connectivity index (χ1) is 14.5. The SMILES string of the molecule is COc1cccc(-c2nnc(NC(=O)C3CCCCN3S(=O)(=O)c3cccs3)o2)c1. The molecule has 1 saturated heterocycles. The molecule has 0 spiro atoms. The van der Waals surface area contributed by atoms with Gasteiger partial charge >= 0.3 is 6.01 Å². The molecule has 0 saturated carbocycles. The summed E-state index contributed by atoms with van der Waals surface area (Å²) in [6.07, 6.45) is 1.88. The zero-order chi connectivity index (χ0) is 21.1. The first-order valence-corrected chi connectivity index (χ1v) is 11.6. The maximum absolute atomic E-state index is 13.0. The van der Waals surface area contributed by atoms with Crippen molar-refractivity contribution in [2.24, 2.45) is 0 Å². The summed E-state index contributed by atoms with van der Waals surface area (Å²) in [5, 5.41) is 12.1. The van der Waals surface area contributed by atoms with Gasteiger partial charge in [-0.3, -0.25) is 10.1 Å². The number of methoxy groups -OCH3 is 1. The molecule has 9 nitrogen and oxygen atoms in total. The van der Waals surface area contributed by atoms with Crippen LogP contribution in [0.1, 0.15) is 19.3 Å². The van der Waals surface area contributed by atoms with Gasteiger partial charge in [0.05, 0.1) is 7.11 Å². The van der Waals surface area contributed by atoms with Gasteiger partial charge in [-0.05, 0) is 42.5 Å². The molecule has 1 aliphatic rings. The average Bonchev–Trinajstić information content (AvgIpc) is 3.46. The number of nitrogens with zero attached hydrogens (tertiary/aromatic N) is 3. The number of carbonyl (C=O) groups is 1. The molecule has 11 heteroatoms. The molecule has 0 aliphatic carbocycles. The van der Waals surface area contributed by atoms with Crippen molar-refractivity contribution in [3.8, 4) is 17.2 Å². The summed E-state index contributed by atoms with van der Waals surface area (Å²) in [6.45, 7) is 0.289. The summed E-state index contributed by atoms with van der Waals surface area (Å²) in [6, 6.07) is 9.38. The van der Waals surface area contributed by atoms with Gasteiger partial charge in [0.1, 0.15) is 16.0 Å². The van der Waals surface area contributed by atoms with Gasteiger partial charge in [-0.25, -0.2) is 8.42 Å². The van der Waals surface area contributed by atoms with Crippen LogP contribution in [0.3, 0.4) is 0 Å². The molecule has 1 N–H and O–H groups in total. The standard InChI is InChI=1S/C19H20N4O5S2/c1-27-14-7-4-6-13(12-14)18-21-22-19(28-18)20-17(24)15-8-2-3-10-23(15)30(25,26)16-9-5-11-29-16/h4-7,9,11-12,15H,2-3,8,10H2,1H3,(H,20,22,24). The van der Waals surface area contributed by atoms with Crippen LogP contribution < -0.4 is 10.1 Å². The lowest BCUT2D eigenvalue weighted by Crippen LogP contribution is -2.49. The first-order valence-electron chi connectivity index (χ1n) is 9.33. The molecule has 1 aliphatic heterocycles. The van der Waals surface area contributed by atoms with Crippen molar-refractivity contribution < 1.29 is 22.4 Å². The van der Waals surface area contributed by atoms with Crippen LogP contribution >= 0.6 is 11.3 Å². The summed E-state index contributed by atoms with van der Waals surface area (Å²) >= 11 is 1.13. The van der Waals surface area contributed by atoms with E-state index in [1.54, 1.807) is 48.9 Å². The number of anilines is 1. The Bertz CT molecular complexity index is 1130. The lowest BCUT2D eigenvalue weighted by atomic mass is 10.0. The third kappa shape index (κ3) is 4.09. The maximum Gasteiger partial charge on any atom is 0.322 e. The van der Waals surface area contributed by atoms with E-state index in [0.29, 0.717) is 24.2 Å². The van der Waals surface area contributed by atoms with E-state index in [2.05, 4.69) is 15.5 Å². The first kappa shape index (κ1) is 20.5. The van der Waals surface area contributed by atoms with Crippen LogP contribution in [0.5, 0.6) is 5.75 Å². The van der Waals surface area contributed by atoms with E-state index in [-0.39, 0.29) is 22.7 Å². The molecule has 0 radical (unpaired) electrons. The highest BCUT2D eigenvalue weighted by molar-refractivity contribution is 7.91. The predicted octanol–water partition coefficient (Wildman–Crippen LogP) is 2.99. The van der Waals surface area contributed by atoms with E-state index in [9.17, 15) is 13.2 Å². The Balaban J connectivity index is 1.52. The Kier molecular flexibility index (Phi) is 5.84. The molecule has 30 heavy (non-hydrogen) atoms. The fraction of sp³-hybridized carbons (Fsp3) is 0.316. The van der Waals surface area contributed by atoms with Crippen molar-refractivity contribution in [2.75, 3.05) is 19.0 Å². The van der Waals surface area contributed by atoms with Crippen LogP contribution in [0, 0.1) is 0 Å². The predicted molar refractivity (Wildman–Crippen MR) is 111 cm³/mol. The zero-order valence-corrected chi connectivity index (χ0v) is 17.8. The van der Waals surface area contributed by atoms with Gasteiger partial charge in [0, 0.05) is 12.1 Å². The van der Waals surface area contributed by atoms with E-state index in [1.807, 2.05) is 0 Å². The second kappa shape index (κ2) is 8.54. The van der Waals surface area contributed by atoms with Crippen LogP contribution in [-0.4, -0.2) is 48.5 Å². The smallest absolute Gasteiger partial charge is 0.322 e. The van der Waals surface area contributed by atoms with E-state index in [1.165, 1.54) is 4.31 Å². The number of hydrogen-bond acceptors (Lipinski definition) is 8. The van der Waals surface area contributed by atoms with Crippen molar-refractivity contribution in [1.82, 2.24) is 14.5 Å². The van der Waals surface area contributed by atoms with E-state index in [4.69, 9.17) is 9.15 Å². The van der Waals surface area contributed by atoms with Gasteiger partial charge in [-0.1, -0.05) is 23.7 Å². The minimum absolute atomic E-state index is 0.0862. The lowest BCUT2D eigenvalue weighted by molar-refractivity contribution is -0.120. The van der Waals surface area contributed by atoms with E-state index >= 15 is 0 Å². The van der Waals surface area contributed by atoms with Gasteiger partial charge in [0.2, 0.25) is 11.8 Å². The molecule has 3 aromatic rings. The highest BCUT2D eigenvalue weighted by Gasteiger charge is 2.38. The fourth-order valence-corrected chi connectivity index (χ4v) is 6.09. The van der Waals surface area contributed by atoms with Gasteiger partial charge in [0.15, 0.2) is 0 Å². The number of nitrogens with one attached hydrogen (secondary N) is 1. The van der Waals surface area contributed by atoms with Crippen LogP contribution in [0.4, 0.5) is 6.01 Å². The van der Waals surface area contributed by atoms with E-state index in [0.717, 1.165) is 17.8 Å². The normalized spacial score (nSPS) is 17.6. The highest BCUT2D eigenvalue weighted by atomic mass is 32.2. The summed E-state index contributed by atoms with van der Waals surface area (Å²) in [5.74, 6) is 0.361. The van der Waals surface area contributed by atoms with Gasteiger partial charge < -0.3 is 9.15 Å². The monoisotopic (exact) mass is 448 g/mol. The average molecular weight is 449 g/mol. The summed E-state index contributed by atoms with van der Waals surface area (Å²) in [5.41, 5.74) is 0.641. The van der Waals surface area contributed by atoms with Crippen molar-refractivity contribution in [3.63, 3.8) is 0 Å². The highest BCUT2D eigenvalue weighted by Crippen LogP contribution is 2.29. The quantitative estimate of drug-likeness (QED) is 0.616. The van der Waals surface area contributed by atoms with Gasteiger partial charge in [-0.2, -0.15) is 4.31 Å². The van der Waals surface area contributed by atoms with Crippen molar-refractivity contribution in [1.29, 1.82) is 0 Å². The number of ether oxygens (including phenoxy) is 1. The summed E-state index contributed by atoms with van der Waals surface area (Å²) in [4.78, 5) is 12.9. The fourth-order valence-electron chi connectivity index (χ4n) is 3.32. The Morgan fingerprint density at radius 3 is 2.90 bits per heavy atom. The molecular formula is C19H20N4O5S2. The molecule has 1 aromatic carbocycles. The minimum Gasteiger partial charge on any atom is -0.497 e. The number of carbonyl (C=O) groups excluding carboxylic acids is 1. The minimum atomic E-state index is -3.74. The Hall–Kier alpha value is -2.76. The number of amides is 1. The molecule has 4 rings (SSSR count). The summed E-state index contributed by atoms with van der Waals surface area (Å²) < 4.78 is 38.1. The molecule has 1 unspecified atom stereocenters. The molecule has 2 aromatic heterocycles. The molecular weight excluding hydrogens is 428 g/mol. The van der Waals surface area contributed by atoms with Crippen LogP contribution in [0.2, 0.25) is 0 Å². The number of sulfonamides is 1. The van der Waals surface area contributed by atoms with Gasteiger partial charge in [-0.15, -0.1) is 16.4 Å². The number of rotatable bonds is 6. The molecule has 1 fully saturated rings. The molecule has 3 heterocycles. The number of hydrogen-bond donors (Lipinski definition) is 1. The second-order valence-electron chi connectivity index (χ2n) is 6.69.